The average molecular weight is 345 g/mol. The van der Waals surface area contributed by atoms with Crippen molar-refractivity contribution in [2.24, 2.45) is 0 Å². The second-order valence-corrected chi connectivity index (χ2v) is 5.87. The molecule has 0 bridgehead atoms. The zero-order valence-electron chi connectivity index (χ0n) is 14.5. The number of ether oxygens (including phenoxy) is 2. The van der Waals surface area contributed by atoms with Crippen molar-refractivity contribution >= 4 is 10.9 Å². The largest absolute Gasteiger partial charge is 0.496 e. The van der Waals surface area contributed by atoms with Crippen LogP contribution in [0.2, 0.25) is 0 Å². The summed E-state index contributed by atoms with van der Waals surface area (Å²) in [4.78, 5) is 12.1. The Morgan fingerprint density at radius 2 is 1.77 bits per heavy atom. The molecule has 5 heteroatoms. The Labute approximate surface area is 151 Å². The molecule has 2 heterocycles. The van der Waals surface area contributed by atoms with E-state index in [-0.39, 0.29) is 0 Å². The van der Waals surface area contributed by atoms with Crippen molar-refractivity contribution in [1.82, 2.24) is 15.0 Å². The van der Waals surface area contributed by atoms with E-state index in [4.69, 9.17) is 9.47 Å². The molecule has 4 rings (SSSR count). The molecule has 0 saturated heterocycles. The van der Waals surface area contributed by atoms with Crippen LogP contribution in [0.3, 0.4) is 0 Å². The van der Waals surface area contributed by atoms with Crippen molar-refractivity contribution < 1.29 is 9.47 Å². The number of para-hydroxylation sites is 2. The fourth-order valence-corrected chi connectivity index (χ4v) is 3.05. The lowest BCUT2D eigenvalue weighted by atomic mass is 10.1. The van der Waals surface area contributed by atoms with Crippen molar-refractivity contribution in [2.75, 3.05) is 13.7 Å². The summed E-state index contributed by atoms with van der Waals surface area (Å²) < 4.78 is 11.4. The first-order chi connectivity index (χ1) is 12.9. The van der Waals surface area contributed by atoms with Gasteiger partial charge in [0.1, 0.15) is 11.4 Å². The number of methoxy groups -OCH3 is 1. The van der Waals surface area contributed by atoms with Crippen LogP contribution in [-0.4, -0.2) is 28.7 Å². The standard InChI is InChI=1S/C21H19N3O2/c1-25-19-9-5-3-7-17(19)20-21(23-12-11-22-20)26-13-10-15-14-24-18-8-4-2-6-16(15)18/h2-9,11-12,14,24H,10,13H2,1H3. The van der Waals surface area contributed by atoms with Gasteiger partial charge in [-0.1, -0.05) is 30.3 Å². The normalized spacial score (nSPS) is 10.8. The number of hydrogen-bond acceptors (Lipinski definition) is 4. The van der Waals surface area contributed by atoms with Gasteiger partial charge in [0.15, 0.2) is 0 Å². The van der Waals surface area contributed by atoms with Crippen LogP contribution in [0, 0.1) is 0 Å². The van der Waals surface area contributed by atoms with Crippen LogP contribution in [0.15, 0.2) is 67.1 Å². The molecule has 130 valence electrons. The van der Waals surface area contributed by atoms with E-state index >= 15 is 0 Å². The Kier molecular flexibility index (Phi) is 4.51. The maximum atomic E-state index is 5.97. The first-order valence-electron chi connectivity index (χ1n) is 8.49. The van der Waals surface area contributed by atoms with Crippen molar-refractivity contribution in [3.8, 4) is 22.9 Å². The minimum absolute atomic E-state index is 0.511. The molecule has 0 aliphatic rings. The monoisotopic (exact) mass is 345 g/mol. The first kappa shape index (κ1) is 16.1. The molecule has 0 aliphatic carbocycles. The molecule has 0 amide bonds. The Hall–Kier alpha value is -3.34. The second-order valence-electron chi connectivity index (χ2n) is 5.87. The summed E-state index contributed by atoms with van der Waals surface area (Å²) in [5, 5.41) is 1.22. The van der Waals surface area contributed by atoms with E-state index in [1.54, 1.807) is 19.5 Å². The zero-order chi connectivity index (χ0) is 17.8. The molecule has 0 atom stereocenters. The molecule has 0 saturated carbocycles. The number of aromatic nitrogens is 3. The Morgan fingerprint density at radius 1 is 0.962 bits per heavy atom. The van der Waals surface area contributed by atoms with Crippen LogP contribution >= 0.6 is 0 Å². The highest BCUT2D eigenvalue weighted by atomic mass is 16.5. The van der Waals surface area contributed by atoms with Gasteiger partial charge >= 0.3 is 0 Å². The molecule has 0 unspecified atom stereocenters. The number of hydrogen-bond donors (Lipinski definition) is 1. The van der Waals surface area contributed by atoms with Crippen molar-refractivity contribution in [3.63, 3.8) is 0 Å². The summed E-state index contributed by atoms with van der Waals surface area (Å²) in [6, 6.07) is 16.0. The van der Waals surface area contributed by atoms with E-state index in [9.17, 15) is 0 Å². The fourth-order valence-electron chi connectivity index (χ4n) is 3.05. The summed E-state index contributed by atoms with van der Waals surface area (Å²) >= 11 is 0. The SMILES string of the molecule is COc1ccccc1-c1nccnc1OCCc1c[nH]c2ccccc12. The summed E-state index contributed by atoms with van der Waals surface area (Å²) in [6.45, 7) is 0.517. The Balaban J connectivity index is 1.54. The minimum atomic E-state index is 0.511. The first-order valence-corrected chi connectivity index (χ1v) is 8.49. The van der Waals surface area contributed by atoms with E-state index in [2.05, 4.69) is 27.1 Å². The van der Waals surface area contributed by atoms with Gasteiger partial charge in [0.05, 0.1) is 13.7 Å². The molecular formula is C21H19N3O2. The maximum absolute atomic E-state index is 5.97. The highest BCUT2D eigenvalue weighted by Crippen LogP contribution is 2.33. The van der Waals surface area contributed by atoms with Crippen LogP contribution in [0.1, 0.15) is 5.56 Å². The van der Waals surface area contributed by atoms with E-state index in [0.717, 1.165) is 23.3 Å². The second kappa shape index (κ2) is 7.27. The molecule has 26 heavy (non-hydrogen) atoms. The smallest absolute Gasteiger partial charge is 0.240 e. The summed E-state index contributed by atoms with van der Waals surface area (Å²) in [7, 11) is 1.65. The topological polar surface area (TPSA) is 60.0 Å². The van der Waals surface area contributed by atoms with Crippen LogP contribution in [0.4, 0.5) is 0 Å². The van der Waals surface area contributed by atoms with Gasteiger partial charge < -0.3 is 14.5 Å². The van der Waals surface area contributed by atoms with Crippen molar-refractivity contribution in [3.05, 3.63) is 72.7 Å². The third-order valence-electron chi connectivity index (χ3n) is 4.31. The molecule has 2 aromatic heterocycles. The van der Waals surface area contributed by atoms with Crippen LogP contribution in [0.25, 0.3) is 22.2 Å². The van der Waals surface area contributed by atoms with Crippen LogP contribution in [-0.2, 0) is 6.42 Å². The Bertz CT molecular complexity index is 1030. The van der Waals surface area contributed by atoms with Gasteiger partial charge in [-0.3, -0.25) is 0 Å². The van der Waals surface area contributed by atoms with E-state index in [1.165, 1.54) is 10.9 Å². The minimum Gasteiger partial charge on any atom is -0.496 e. The molecule has 0 fully saturated rings. The quantitative estimate of drug-likeness (QED) is 0.567. The number of H-pyrrole nitrogens is 1. The van der Waals surface area contributed by atoms with E-state index < -0.39 is 0 Å². The van der Waals surface area contributed by atoms with Crippen LogP contribution in [0.5, 0.6) is 11.6 Å². The van der Waals surface area contributed by atoms with Gasteiger partial charge in [0.2, 0.25) is 5.88 Å². The molecular weight excluding hydrogens is 326 g/mol. The molecule has 0 radical (unpaired) electrons. The highest BCUT2D eigenvalue weighted by Gasteiger charge is 2.14. The number of rotatable bonds is 6. The average Bonchev–Trinajstić information content (AvgIpc) is 3.12. The number of fused-ring (bicyclic) bond motifs is 1. The molecule has 2 aromatic carbocycles. The van der Waals surface area contributed by atoms with Gasteiger partial charge in [-0.25, -0.2) is 9.97 Å². The van der Waals surface area contributed by atoms with Gasteiger partial charge in [-0.2, -0.15) is 0 Å². The summed E-state index contributed by atoms with van der Waals surface area (Å²) in [5.41, 5.74) is 3.91. The molecule has 1 N–H and O–H groups in total. The lowest BCUT2D eigenvalue weighted by molar-refractivity contribution is 0.310. The third-order valence-corrected chi connectivity index (χ3v) is 4.31. The number of aromatic amines is 1. The summed E-state index contributed by atoms with van der Waals surface area (Å²) in [6.07, 6.45) is 6.12. The van der Waals surface area contributed by atoms with Gasteiger partial charge in [0, 0.05) is 41.5 Å². The van der Waals surface area contributed by atoms with Crippen LogP contribution < -0.4 is 9.47 Å². The third kappa shape index (κ3) is 3.11. The van der Waals surface area contributed by atoms with E-state index in [1.807, 2.05) is 42.6 Å². The lowest BCUT2D eigenvalue weighted by Crippen LogP contribution is -2.04. The fraction of sp³-hybridized carbons (Fsp3) is 0.143. The molecule has 5 nitrogen and oxygen atoms in total. The van der Waals surface area contributed by atoms with Crippen molar-refractivity contribution in [2.45, 2.75) is 6.42 Å². The number of nitrogens with zero attached hydrogens (tertiary/aromatic N) is 2. The molecule has 0 aliphatic heterocycles. The Morgan fingerprint density at radius 3 is 2.69 bits per heavy atom. The van der Waals surface area contributed by atoms with Gasteiger partial charge in [0.25, 0.3) is 0 Å². The number of benzene rings is 2. The van der Waals surface area contributed by atoms with Crippen molar-refractivity contribution in [1.29, 1.82) is 0 Å². The predicted octanol–water partition coefficient (Wildman–Crippen LogP) is 4.26. The van der Waals surface area contributed by atoms with Gasteiger partial charge in [-0.15, -0.1) is 0 Å². The summed E-state index contributed by atoms with van der Waals surface area (Å²) in [5.74, 6) is 1.26. The number of nitrogens with one attached hydrogen (secondary N) is 1. The lowest BCUT2D eigenvalue weighted by Gasteiger charge is -2.11. The van der Waals surface area contributed by atoms with Gasteiger partial charge in [-0.05, 0) is 23.8 Å². The predicted molar refractivity (Wildman–Crippen MR) is 102 cm³/mol. The molecule has 4 aromatic rings. The van der Waals surface area contributed by atoms with E-state index in [0.29, 0.717) is 18.2 Å². The maximum Gasteiger partial charge on any atom is 0.240 e. The highest BCUT2D eigenvalue weighted by molar-refractivity contribution is 5.83. The molecule has 0 spiro atoms. The zero-order valence-corrected chi connectivity index (χ0v) is 14.5.